The molecule has 0 saturated carbocycles. The van der Waals surface area contributed by atoms with Crippen molar-refractivity contribution in [2.45, 2.75) is 12.8 Å². The molecule has 1 aromatic rings. The van der Waals surface area contributed by atoms with E-state index in [4.69, 9.17) is 22.4 Å². The van der Waals surface area contributed by atoms with Gasteiger partial charge >= 0.3 is 5.97 Å². The molecule has 108 valence electrons. The Kier molecular flexibility index (Phi) is 4.85. The van der Waals surface area contributed by atoms with Gasteiger partial charge in [-0.2, -0.15) is 0 Å². The second-order valence-electron chi connectivity index (χ2n) is 4.37. The second-order valence-corrected chi connectivity index (χ2v) is 5.75. The Morgan fingerprint density at radius 1 is 1.71 bits per heavy atom. The summed E-state index contributed by atoms with van der Waals surface area (Å²) in [5.41, 5.74) is 1.58. The van der Waals surface area contributed by atoms with Crippen molar-refractivity contribution in [1.29, 1.82) is 5.41 Å². The highest BCUT2D eigenvalue weighted by atomic mass is 32.1. The summed E-state index contributed by atoms with van der Waals surface area (Å²) >= 11 is 6.76. The summed E-state index contributed by atoms with van der Waals surface area (Å²) in [7, 11) is 0. The van der Waals surface area contributed by atoms with Crippen molar-refractivity contribution in [1.82, 2.24) is 5.32 Å². The molecule has 0 aromatic carbocycles. The lowest BCUT2D eigenvalue weighted by molar-refractivity contribution is -0.138. The number of hydrogen-bond acceptors (Lipinski definition) is 5. The fourth-order valence-electron chi connectivity index (χ4n) is 2.15. The number of thiocarbonyl (C=S) groups is 1. The first kappa shape index (κ1) is 15.4. The van der Waals surface area contributed by atoms with Gasteiger partial charge in [-0.3, -0.25) is 5.41 Å². The highest BCUT2D eigenvalue weighted by Crippen LogP contribution is 2.38. The predicted molar refractivity (Wildman–Crippen MR) is 87.9 cm³/mol. The van der Waals surface area contributed by atoms with E-state index in [2.05, 4.69) is 17.8 Å². The van der Waals surface area contributed by atoms with Gasteiger partial charge in [0.1, 0.15) is 11.6 Å². The van der Waals surface area contributed by atoms with Crippen LogP contribution in [0.2, 0.25) is 0 Å². The van der Waals surface area contributed by atoms with Crippen LogP contribution in [0.5, 0.6) is 0 Å². The Morgan fingerprint density at radius 3 is 3.05 bits per heavy atom. The lowest BCUT2D eigenvalue weighted by Gasteiger charge is -2.28. The molecule has 0 amide bonds. The van der Waals surface area contributed by atoms with E-state index in [1.165, 1.54) is 17.4 Å². The van der Waals surface area contributed by atoms with E-state index in [0.29, 0.717) is 21.8 Å². The van der Waals surface area contributed by atoms with Gasteiger partial charge < -0.3 is 10.1 Å². The van der Waals surface area contributed by atoms with Crippen LogP contribution in [0.15, 0.2) is 47.0 Å². The van der Waals surface area contributed by atoms with E-state index in [-0.39, 0.29) is 6.61 Å². The number of ether oxygens (including phenoxy) is 1. The van der Waals surface area contributed by atoms with E-state index >= 15 is 0 Å². The van der Waals surface area contributed by atoms with Crippen molar-refractivity contribution >= 4 is 40.4 Å². The summed E-state index contributed by atoms with van der Waals surface area (Å²) in [6.45, 7) is 5.45. The average molecular weight is 318 g/mol. The van der Waals surface area contributed by atoms with Crippen LogP contribution < -0.4 is 5.32 Å². The molecule has 2 rings (SSSR count). The molecule has 2 N–H and O–H groups in total. The molecule has 1 unspecified atom stereocenters. The van der Waals surface area contributed by atoms with Gasteiger partial charge in [-0.15, -0.1) is 11.3 Å². The highest BCUT2D eigenvalue weighted by Gasteiger charge is 2.36. The van der Waals surface area contributed by atoms with Gasteiger partial charge in [0.05, 0.1) is 17.1 Å². The van der Waals surface area contributed by atoms with Gasteiger partial charge in [0.25, 0.3) is 0 Å². The summed E-state index contributed by atoms with van der Waals surface area (Å²) < 4.78 is 5.16. The molecular formula is C15H14N2O2S2. The first-order chi connectivity index (χ1) is 10.1. The molecule has 0 radical (unpaired) electrons. The number of thiophene rings is 1. The summed E-state index contributed by atoms with van der Waals surface area (Å²) in [5.74, 6) is 1.52. The summed E-state index contributed by atoms with van der Waals surface area (Å²) in [6.07, 6.45) is 1.52. The van der Waals surface area contributed by atoms with E-state index in [1.807, 2.05) is 17.5 Å². The third-order valence-corrected chi connectivity index (χ3v) is 4.30. The van der Waals surface area contributed by atoms with Gasteiger partial charge in [-0.25, -0.2) is 4.79 Å². The zero-order valence-corrected chi connectivity index (χ0v) is 13.1. The van der Waals surface area contributed by atoms with E-state index in [1.54, 1.807) is 6.92 Å². The number of nitrogens with one attached hydrogen (secondary N) is 2. The Morgan fingerprint density at radius 2 is 2.48 bits per heavy atom. The molecule has 0 spiro atoms. The van der Waals surface area contributed by atoms with Crippen molar-refractivity contribution in [3.8, 4) is 0 Å². The molecule has 0 fully saturated rings. The van der Waals surface area contributed by atoms with Crippen molar-refractivity contribution in [3.63, 3.8) is 0 Å². The fraction of sp³-hybridized carbons (Fsp3) is 0.200. The minimum Gasteiger partial charge on any atom is -0.458 e. The molecule has 1 aromatic heterocycles. The number of hydrogen-bond donors (Lipinski definition) is 2. The molecule has 6 heteroatoms. The topological polar surface area (TPSA) is 62.2 Å². The zero-order chi connectivity index (χ0) is 15.4. The molecule has 0 aliphatic carbocycles. The normalized spacial score (nSPS) is 18.0. The van der Waals surface area contributed by atoms with Crippen LogP contribution in [-0.4, -0.2) is 23.4 Å². The quantitative estimate of drug-likeness (QED) is 0.295. The third-order valence-electron chi connectivity index (χ3n) is 3.04. The van der Waals surface area contributed by atoms with Crippen molar-refractivity contribution in [3.05, 3.63) is 51.9 Å². The first-order valence-corrected chi connectivity index (χ1v) is 7.52. The van der Waals surface area contributed by atoms with Crippen LogP contribution in [0.25, 0.3) is 0 Å². The standard InChI is InChI=1S/C15H14N2O2S2/c1-3-6-19-15(18)12-9(2)17-14(20)10(8-16)13(12)11-5-4-7-21-11/h3-5,7,13,16H,1,6H2,2H3,(H,17,20). The van der Waals surface area contributed by atoms with Crippen molar-refractivity contribution < 1.29 is 9.53 Å². The molecule has 2 heterocycles. The van der Waals surface area contributed by atoms with Gasteiger partial charge in [-0.05, 0) is 24.2 Å². The van der Waals surface area contributed by atoms with Crippen LogP contribution >= 0.6 is 23.6 Å². The largest absolute Gasteiger partial charge is 0.458 e. The number of carbonyl (C=O) groups excluding carboxylic acids is 1. The predicted octanol–water partition coefficient (Wildman–Crippen LogP) is 2.94. The molecule has 1 atom stereocenters. The number of esters is 1. The fourth-order valence-corrected chi connectivity index (χ4v) is 3.31. The second kappa shape index (κ2) is 6.63. The van der Waals surface area contributed by atoms with Crippen molar-refractivity contribution in [2.24, 2.45) is 0 Å². The van der Waals surface area contributed by atoms with Crippen LogP contribution in [0.4, 0.5) is 0 Å². The molecule has 21 heavy (non-hydrogen) atoms. The molecule has 1 aliphatic heterocycles. The Hall–Kier alpha value is -2.01. The molecule has 0 saturated heterocycles. The Balaban J connectivity index is 2.53. The summed E-state index contributed by atoms with van der Waals surface area (Å²) in [6, 6.07) is 3.81. The van der Waals surface area contributed by atoms with Crippen LogP contribution in [-0.2, 0) is 9.53 Å². The first-order valence-electron chi connectivity index (χ1n) is 6.23. The molecule has 0 bridgehead atoms. The smallest absolute Gasteiger partial charge is 0.337 e. The lowest BCUT2D eigenvalue weighted by Crippen LogP contribution is -2.35. The van der Waals surface area contributed by atoms with Gasteiger partial charge in [0.2, 0.25) is 0 Å². The van der Waals surface area contributed by atoms with Crippen molar-refractivity contribution in [2.75, 3.05) is 6.61 Å². The molecule has 1 aliphatic rings. The van der Waals surface area contributed by atoms with Gasteiger partial charge in [0, 0.05) is 10.6 Å². The van der Waals surface area contributed by atoms with Gasteiger partial charge in [0.15, 0.2) is 0 Å². The molecular weight excluding hydrogens is 304 g/mol. The zero-order valence-electron chi connectivity index (χ0n) is 11.4. The average Bonchev–Trinajstić information content (AvgIpc) is 2.97. The summed E-state index contributed by atoms with van der Waals surface area (Å²) in [5, 5.41) is 12.4. The van der Waals surface area contributed by atoms with Crippen LogP contribution in [0.3, 0.4) is 0 Å². The van der Waals surface area contributed by atoms with Gasteiger partial charge in [-0.1, -0.05) is 30.9 Å². The number of rotatable bonds is 4. The van der Waals surface area contributed by atoms with E-state index in [9.17, 15) is 4.79 Å². The van der Waals surface area contributed by atoms with Crippen LogP contribution in [0, 0.1) is 5.41 Å². The van der Waals surface area contributed by atoms with E-state index in [0.717, 1.165) is 4.88 Å². The SMILES string of the molecule is C=CCOC(=O)C1=C(C)NC(=S)C(=C=N)C1c1cccs1. The number of carbonyl (C=O) groups is 1. The Bertz CT molecular complexity index is 668. The maximum atomic E-state index is 12.3. The summed E-state index contributed by atoms with van der Waals surface area (Å²) in [4.78, 5) is 13.7. The minimum absolute atomic E-state index is 0.140. The number of allylic oxidation sites excluding steroid dienone is 1. The maximum Gasteiger partial charge on any atom is 0.337 e. The molecule has 4 nitrogen and oxygen atoms in total. The third kappa shape index (κ3) is 3.03. The highest BCUT2D eigenvalue weighted by molar-refractivity contribution is 7.80. The monoisotopic (exact) mass is 318 g/mol. The minimum atomic E-state index is -0.437. The van der Waals surface area contributed by atoms with Crippen LogP contribution in [0.1, 0.15) is 17.7 Å². The Labute approximate surface area is 132 Å². The lowest BCUT2D eigenvalue weighted by atomic mass is 9.86. The van der Waals surface area contributed by atoms with E-state index < -0.39 is 11.9 Å². The maximum absolute atomic E-state index is 12.3.